The summed E-state index contributed by atoms with van der Waals surface area (Å²) in [6.07, 6.45) is 4.68. The van der Waals surface area contributed by atoms with Gasteiger partial charge in [-0.25, -0.2) is 4.68 Å². The Balaban J connectivity index is 1.82. The standard InChI is InChI=1S/C18H21N5O2/c1-12-15(17(25)22-9-5-2-6-10-22)16(13-7-3-4-8-14(13)24)23-18(21-12)19-11-20-23/h3-4,7-8,11,16,24H,2,5-6,9-10H2,1H3,(H,19,20,21). The number of rotatable bonds is 2. The van der Waals surface area contributed by atoms with Gasteiger partial charge in [0.1, 0.15) is 18.1 Å². The predicted octanol–water partition coefficient (Wildman–Crippen LogP) is 2.29. The van der Waals surface area contributed by atoms with E-state index in [2.05, 4.69) is 15.4 Å². The van der Waals surface area contributed by atoms with E-state index in [4.69, 9.17) is 0 Å². The summed E-state index contributed by atoms with van der Waals surface area (Å²) in [5.41, 5.74) is 2.01. The van der Waals surface area contributed by atoms with Crippen molar-refractivity contribution >= 4 is 11.9 Å². The lowest BCUT2D eigenvalue weighted by molar-refractivity contribution is -0.128. The SMILES string of the molecule is CC1=C(C(=O)N2CCCCC2)C(c2ccccc2O)n2ncnc2N1. The molecule has 25 heavy (non-hydrogen) atoms. The van der Waals surface area contributed by atoms with Gasteiger partial charge in [-0.2, -0.15) is 10.1 Å². The van der Waals surface area contributed by atoms with Crippen LogP contribution < -0.4 is 5.32 Å². The highest BCUT2D eigenvalue weighted by Gasteiger charge is 2.36. The summed E-state index contributed by atoms with van der Waals surface area (Å²) in [5, 5.41) is 17.9. The summed E-state index contributed by atoms with van der Waals surface area (Å²) >= 11 is 0. The van der Waals surface area contributed by atoms with E-state index in [0.29, 0.717) is 17.1 Å². The van der Waals surface area contributed by atoms with E-state index in [1.54, 1.807) is 16.8 Å². The van der Waals surface area contributed by atoms with Gasteiger partial charge in [0.15, 0.2) is 0 Å². The molecule has 1 unspecified atom stereocenters. The summed E-state index contributed by atoms with van der Waals surface area (Å²) in [6, 6.07) is 6.59. The second kappa shape index (κ2) is 6.23. The Labute approximate surface area is 146 Å². The lowest BCUT2D eigenvalue weighted by Gasteiger charge is -2.34. The van der Waals surface area contributed by atoms with Gasteiger partial charge >= 0.3 is 0 Å². The number of hydrogen-bond donors (Lipinski definition) is 2. The molecule has 7 heteroatoms. The van der Waals surface area contributed by atoms with Gasteiger partial charge in [0.05, 0.1) is 5.57 Å². The first-order chi connectivity index (χ1) is 12.2. The molecule has 130 valence electrons. The molecule has 0 aliphatic carbocycles. The molecule has 0 radical (unpaired) electrons. The topological polar surface area (TPSA) is 83.3 Å². The molecule has 2 N–H and O–H groups in total. The molecule has 0 spiro atoms. The van der Waals surface area contributed by atoms with Crippen LogP contribution in [0.2, 0.25) is 0 Å². The largest absolute Gasteiger partial charge is 0.508 e. The van der Waals surface area contributed by atoms with Crippen LogP contribution in [0.1, 0.15) is 37.8 Å². The number of phenols is 1. The minimum absolute atomic E-state index is 0.000830. The van der Waals surface area contributed by atoms with E-state index in [0.717, 1.165) is 38.0 Å². The van der Waals surface area contributed by atoms with Crippen LogP contribution in [0, 0.1) is 0 Å². The van der Waals surface area contributed by atoms with Gasteiger partial charge in [0.2, 0.25) is 5.95 Å². The number of allylic oxidation sites excluding steroid dienone is 1. The number of carbonyl (C=O) groups excluding carboxylic acids is 1. The molecule has 2 aliphatic rings. The summed E-state index contributed by atoms with van der Waals surface area (Å²) in [6.45, 7) is 3.42. The maximum Gasteiger partial charge on any atom is 0.254 e. The van der Waals surface area contributed by atoms with Crippen LogP contribution in [0.25, 0.3) is 0 Å². The number of nitrogens with zero attached hydrogens (tertiary/aromatic N) is 4. The van der Waals surface area contributed by atoms with E-state index < -0.39 is 6.04 Å². The predicted molar refractivity (Wildman–Crippen MR) is 93.0 cm³/mol. The number of para-hydroxylation sites is 1. The molecular formula is C18H21N5O2. The van der Waals surface area contributed by atoms with Gasteiger partial charge in [0.25, 0.3) is 5.91 Å². The van der Waals surface area contributed by atoms with Gasteiger partial charge in [-0.1, -0.05) is 18.2 Å². The first kappa shape index (κ1) is 15.7. The molecule has 7 nitrogen and oxygen atoms in total. The fourth-order valence-corrected chi connectivity index (χ4v) is 3.64. The smallest absolute Gasteiger partial charge is 0.254 e. The van der Waals surface area contributed by atoms with Gasteiger partial charge in [-0.3, -0.25) is 4.79 Å². The average molecular weight is 339 g/mol. The first-order valence-electron chi connectivity index (χ1n) is 8.61. The van der Waals surface area contributed by atoms with E-state index in [1.165, 1.54) is 6.33 Å². The zero-order valence-corrected chi connectivity index (χ0v) is 14.1. The van der Waals surface area contributed by atoms with Crippen molar-refractivity contribution in [2.75, 3.05) is 18.4 Å². The number of nitrogens with one attached hydrogen (secondary N) is 1. The molecule has 1 aromatic heterocycles. The molecule has 2 aromatic rings. The maximum atomic E-state index is 13.3. The Kier molecular flexibility index (Phi) is 3.91. The molecular weight excluding hydrogens is 318 g/mol. The Bertz CT molecular complexity index is 835. The fourth-order valence-electron chi connectivity index (χ4n) is 3.64. The first-order valence-corrected chi connectivity index (χ1v) is 8.61. The number of phenolic OH excluding ortho intramolecular Hbond substituents is 1. The monoisotopic (exact) mass is 339 g/mol. The number of fused-ring (bicyclic) bond motifs is 1. The fraction of sp³-hybridized carbons (Fsp3) is 0.389. The Morgan fingerprint density at radius 3 is 2.76 bits per heavy atom. The van der Waals surface area contributed by atoms with Crippen molar-refractivity contribution in [1.82, 2.24) is 19.7 Å². The van der Waals surface area contributed by atoms with E-state index in [9.17, 15) is 9.90 Å². The van der Waals surface area contributed by atoms with Crippen LogP contribution >= 0.6 is 0 Å². The highest BCUT2D eigenvalue weighted by atomic mass is 16.3. The second-order valence-corrected chi connectivity index (χ2v) is 6.51. The van der Waals surface area contributed by atoms with Crippen molar-refractivity contribution in [3.8, 4) is 5.75 Å². The Morgan fingerprint density at radius 2 is 2.00 bits per heavy atom. The quantitative estimate of drug-likeness (QED) is 0.877. The number of aromatic hydroxyl groups is 1. The summed E-state index contributed by atoms with van der Waals surface area (Å²) in [5.74, 6) is 0.715. The molecule has 1 atom stereocenters. The van der Waals surface area contributed by atoms with Crippen LogP contribution in [-0.4, -0.2) is 43.8 Å². The van der Waals surface area contributed by atoms with Crippen molar-refractivity contribution in [3.05, 3.63) is 47.4 Å². The number of carbonyl (C=O) groups is 1. The third-order valence-electron chi connectivity index (χ3n) is 4.90. The lowest BCUT2D eigenvalue weighted by atomic mass is 9.93. The summed E-state index contributed by atoms with van der Waals surface area (Å²) in [7, 11) is 0. The highest BCUT2D eigenvalue weighted by Crippen LogP contribution is 2.39. The van der Waals surface area contributed by atoms with Crippen LogP contribution in [0.15, 0.2) is 41.9 Å². The number of aromatic nitrogens is 3. The molecule has 1 aromatic carbocycles. The number of hydrogen-bond acceptors (Lipinski definition) is 5. The number of amides is 1. The van der Waals surface area contributed by atoms with E-state index in [-0.39, 0.29) is 11.7 Å². The van der Waals surface area contributed by atoms with Crippen LogP contribution in [0.4, 0.5) is 5.95 Å². The van der Waals surface area contributed by atoms with Crippen LogP contribution in [-0.2, 0) is 4.79 Å². The van der Waals surface area contributed by atoms with E-state index >= 15 is 0 Å². The molecule has 1 fully saturated rings. The van der Waals surface area contributed by atoms with Crippen molar-refractivity contribution < 1.29 is 9.90 Å². The highest BCUT2D eigenvalue weighted by molar-refractivity contribution is 5.97. The van der Waals surface area contributed by atoms with Crippen molar-refractivity contribution in [1.29, 1.82) is 0 Å². The second-order valence-electron chi connectivity index (χ2n) is 6.51. The minimum Gasteiger partial charge on any atom is -0.508 e. The molecule has 1 amide bonds. The average Bonchev–Trinajstić information content (AvgIpc) is 3.09. The molecule has 0 saturated carbocycles. The lowest BCUT2D eigenvalue weighted by Crippen LogP contribution is -2.41. The maximum absolute atomic E-state index is 13.3. The third kappa shape index (κ3) is 2.65. The minimum atomic E-state index is -0.491. The normalized spacial score (nSPS) is 20.2. The van der Waals surface area contributed by atoms with Crippen molar-refractivity contribution in [2.24, 2.45) is 0 Å². The zero-order valence-electron chi connectivity index (χ0n) is 14.1. The third-order valence-corrected chi connectivity index (χ3v) is 4.90. The zero-order chi connectivity index (χ0) is 17.4. The molecule has 0 bridgehead atoms. The Hall–Kier alpha value is -2.83. The number of piperidine rings is 1. The molecule has 3 heterocycles. The van der Waals surface area contributed by atoms with Gasteiger partial charge in [0, 0.05) is 24.4 Å². The van der Waals surface area contributed by atoms with Crippen molar-refractivity contribution in [3.63, 3.8) is 0 Å². The number of anilines is 1. The van der Waals surface area contributed by atoms with Crippen LogP contribution in [0.3, 0.4) is 0 Å². The molecule has 1 saturated heterocycles. The van der Waals surface area contributed by atoms with Gasteiger partial charge < -0.3 is 15.3 Å². The molecule has 2 aliphatic heterocycles. The van der Waals surface area contributed by atoms with Gasteiger partial charge in [-0.05, 0) is 32.3 Å². The Morgan fingerprint density at radius 1 is 1.24 bits per heavy atom. The van der Waals surface area contributed by atoms with Gasteiger partial charge in [-0.15, -0.1) is 0 Å². The number of benzene rings is 1. The summed E-state index contributed by atoms with van der Waals surface area (Å²) < 4.78 is 1.67. The van der Waals surface area contributed by atoms with Crippen molar-refractivity contribution in [2.45, 2.75) is 32.2 Å². The van der Waals surface area contributed by atoms with E-state index in [1.807, 2.05) is 24.0 Å². The summed E-state index contributed by atoms with van der Waals surface area (Å²) in [4.78, 5) is 19.4. The molecule has 4 rings (SSSR count). The number of likely N-dealkylation sites (tertiary alicyclic amines) is 1. The van der Waals surface area contributed by atoms with Crippen LogP contribution in [0.5, 0.6) is 5.75 Å².